The molecule has 6 heteroatoms. The number of nitrogens with zero attached hydrogens (tertiary/aromatic N) is 1. The Labute approximate surface area is 197 Å². The van der Waals surface area contributed by atoms with Crippen LogP contribution in [0.3, 0.4) is 0 Å². The van der Waals surface area contributed by atoms with Gasteiger partial charge in [-0.25, -0.2) is 0 Å². The summed E-state index contributed by atoms with van der Waals surface area (Å²) in [5.41, 5.74) is 1.91. The lowest BCUT2D eigenvalue weighted by Gasteiger charge is -2.14. The van der Waals surface area contributed by atoms with E-state index < -0.39 is 0 Å². The lowest BCUT2D eigenvalue weighted by atomic mass is 10.0. The molecule has 0 bridgehead atoms. The Morgan fingerprint density at radius 3 is 2.52 bits per heavy atom. The molecule has 0 radical (unpaired) electrons. The highest BCUT2D eigenvalue weighted by Gasteiger charge is 2.35. The monoisotopic (exact) mass is 537 g/mol. The van der Waals surface area contributed by atoms with Gasteiger partial charge < -0.3 is 4.42 Å². The SMILES string of the molecule is O=C1S/C(=C\c2ccc(-c3ccc(I)cc3)o2)C(=O)N1Cc1cccc2ccccc12. The molecule has 0 saturated carbocycles. The summed E-state index contributed by atoms with van der Waals surface area (Å²) in [4.78, 5) is 27.2. The third kappa shape index (κ3) is 4.05. The van der Waals surface area contributed by atoms with E-state index in [1.165, 1.54) is 4.90 Å². The van der Waals surface area contributed by atoms with E-state index in [2.05, 4.69) is 22.6 Å². The number of furan rings is 1. The van der Waals surface area contributed by atoms with Gasteiger partial charge in [-0.1, -0.05) is 54.6 Å². The Morgan fingerprint density at radius 2 is 1.68 bits per heavy atom. The van der Waals surface area contributed by atoms with Crippen molar-refractivity contribution in [2.75, 3.05) is 0 Å². The number of rotatable bonds is 4. The summed E-state index contributed by atoms with van der Waals surface area (Å²) in [5, 5.41) is 1.86. The highest BCUT2D eigenvalue weighted by Crippen LogP contribution is 2.35. The van der Waals surface area contributed by atoms with Gasteiger partial charge in [-0.2, -0.15) is 0 Å². The predicted molar refractivity (Wildman–Crippen MR) is 132 cm³/mol. The number of carbonyl (C=O) groups is 2. The molecule has 1 aliphatic heterocycles. The summed E-state index contributed by atoms with van der Waals surface area (Å²) < 4.78 is 7.04. The topological polar surface area (TPSA) is 50.5 Å². The van der Waals surface area contributed by atoms with Crippen molar-refractivity contribution in [2.24, 2.45) is 0 Å². The van der Waals surface area contributed by atoms with Crippen molar-refractivity contribution in [3.8, 4) is 11.3 Å². The van der Waals surface area contributed by atoms with Crippen molar-refractivity contribution in [1.82, 2.24) is 4.90 Å². The molecule has 1 saturated heterocycles. The second-order valence-electron chi connectivity index (χ2n) is 7.12. The van der Waals surface area contributed by atoms with Crippen LogP contribution in [0.5, 0.6) is 0 Å². The molecule has 0 atom stereocenters. The maximum Gasteiger partial charge on any atom is 0.293 e. The molecule has 1 fully saturated rings. The number of thioether (sulfide) groups is 1. The lowest BCUT2D eigenvalue weighted by molar-refractivity contribution is -0.123. The molecule has 0 aliphatic carbocycles. The molecule has 3 aromatic carbocycles. The molecular weight excluding hydrogens is 521 g/mol. The molecule has 2 heterocycles. The molecule has 31 heavy (non-hydrogen) atoms. The first-order valence-electron chi connectivity index (χ1n) is 9.66. The number of carbonyl (C=O) groups excluding carboxylic acids is 2. The van der Waals surface area contributed by atoms with Gasteiger partial charge in [-0.3, -0.25) is 14.5 Å². The van der Waals surface area contributed by atoms with Gasteiger partial charge in [-0.05, 0) is 75.0 Å². The first-order valence-corrected chi connectivity index (χ1v) is 11.6. The van der Waals surface area contributed by atoms with E-state index in [1.54, 1.807) is 6.08 Å². The van der Waals surface area contributed by atoms with Gasteiger partial charge in [0.25, 0.3) is 11.1 Å². The quantitative estimate of drug-likeness (QED) is 0.209. The summed E-state index contributed by atoms with van der Waals surface area (Å²) in [6.45, 7) is 0.245. The molecule has 2 amide bonds. The van der Waals surface area contributed by atoms with Crippen molar-refractivity contribution in [1.29, 1.82) is 0 Å². The average Bonchev–Trinajstić information content (AvgIpc) is 3.35. The fraction of sp³-hybridized carbons (Fsp3) is 0.0400. The van der Waals surface area contributed by atoms with Gasteiger partial charge in [0.15, 0.2) is 0 Å². The number of fused-ring (bicyclic) bond motifs is 1. The molecule has 5 rings (SSSR count). The van der Waals surface area contributed by atoms with Crippen molar-refractivity contribution >= 4 is 62.3 Å². The normalized spacial score (nSPS) is 15.4. The van der Waals surface area contributed by atoms with Crippen LogP contribution in [0.1, 0.15) is 11.3 Å². The van der Waals surface area contributed by atoms with E-state index in [4.69, 9.17) is 4.42 Å². The van der Waals surface area contributed by atoms with Crippen LogP contribution in [0, 0.1) is 3.57 Å². The minimum Gasteiger partial charge on any atom is -0.457 e. The van der Waals surface area contributed by atoms with Crippen LogP contribution in [0.15, 0.2) is 88.2 Å². The van der Waals surface area contributed by atoms with E-state index in [1.807, 2.05) is 78.9 Å². The second kappa shape index (κ2) is 8.36. The zero-order valence-corrected chi connectivity index (χ0v) is 19.2. The zero-order valence-electron chi connectivity index (χ0n) is 16.2. The molecule has 0 N–H and O–H groups in total. The zero-order chi connectivity index (χ0) is 21.4. The minimum absolute atomic E-state index is 0.245. The lowest BCUT2D eigenvalue weighted by Crippen LogP contribution is -2.27. The summed E-state index contributed by atoms with van der Waals surface area (Å²) in [6, 6.07) is 25.6. The third-order valence-electron chi connectivity index (χ3n) is 5.11. The fourth-order valence-corrected chi connectivity index (χ4v) is 4.74. The highest BCUT2D eigenvalue weighted by molar-refractivity contribution is 14.1. The van der Waals surface area contributed by atoms with Crippen LogP contribution in [0.25, 0.3) is 28.2 Å². The van der Waals surface area contributed by atoms with E-state index in [-0.39, 0.29) is 17.7 Å². The molecule has 1 aliphatic rings. The van der Waals surface area contributed by atoms with Crippen molar-refractivity contribution < 1.29 is 14.0 Å². The van der Waals surface area contributed by atoms with Crippen LogP contribution < -0.4 is 0 Å². The smallest absolute Gasteiger partial charge is 0.293 e. The van der Waals surface area contributed by atoms with Gasteiger partial charge in [0.05, 0.1) is 11.4 Å². The van der Waals surface area contributed by atoms with Gasteiger partial charge in [0.2, 0.25) is 0 Å². The molecule has 4 aromatic rings. The predicted octanol–water partition coefficient (Wildman–Crippen LogP) is 6.94. The standard InChI is InChI=1S/C25H16INO3S/c26-19-10-8-17(9-11-19)22-13-12-20(30-22)14-23-24(28)27(25(29)31-23)15-18-6-3-5-16-4-1-2-7-21(16)18/h1-14H,15H2/b23-14-. The van der Waals surface area contributed by atoms with E-state index in [9.17, 15) is 9.59 Å². The fourth-order valence-electron chi connectivity index (χ4n) is 3.57. The summed E-state index contributed by atoms with van der Waals surface area (Å²) in [6.07, 6.45) is 1.64. The van der Waals surface area contributed by atoms with E-state index in [0.29, 0.717) is 10.7 Å². The Morgan fingerprint density at radius 1 is 0.903 bits per heavy atom. The molecule has 0 spiro atoms. The van der Waals surface area contributed by atoms with Crippen LogP contribution in [0.2, 0.25) is 0 Å². The van der Waals surface area contributed by atoms with Gasteiger partial charge in [0, 0.05) is 15.2 Å². The molecule has 4 nitrogen and oxygen atoms in total. The maximum absolute atomic E-state index is 12.9. The highest BCUT2D eigenvalue weighted by atomic mass is 127. The summed E-state index contributed by atoms with van der Waals surface area (Å²) in [5.74, 6) is 0.969. The number of amides is 2. The Bertz CT molecular complexity index is 1340. The number of hydrogen-bond acceptors (Lipinski definition) is 4. The Balaban J connectivity index is 1.39. The largest absolute Gasteiger partial charge is 0.457 e. The summed E-state index contributed by atoms with van der Waals surface area (Å²) in [7, 11) is 0. The second-order valence-corrected chi connectivity index (χ2v) is 9.35. The Hall–Kier alpha value is -2.84. The number of halogens is 1. The molecule has 1 aromatic heterocycles. The van der Waals surface area contributed by atoms with Crippen molar-refractivity contribution in [3.63, 3.8) is 0 Å². The minimum atomic E-state index is -0.296. The van der Waals surface area contributed by atoms with Gasteiger partial charge in [0.1, 0.15) is 11.5 Å². The third-order valence-corrected chi connectivity index (χ3v) is 6.74. The average molecular weight is 537 g/mol. The van der Waals surface area contributed by atoms with Crippen LogP contribution >= 0.6 is 34.4 Å². The molecule has 152 valence electrons. The van der Waals surface area contributed by atoms with Crippen molar-refractivity contribution in [2.45, 2.75) is 6.54 Å². The first kappa shape index (κ1) is 20.1. The maximum atomic E-state index is 12.9. The van der Waals surface area contributed by atoms with Crippen molar-refractivity contribution in [3.05, 3.63) is 98.7 Å². The Kier molecular flexibility index (Phi) is 5.41. The summed E-state index contributed by atoms with van der Waals surface area (Å²) >= 11 is 3.20. The number of imide groups is 1. The molecule has 0 unspecified atom stereocenters. The van der Waals surface area contributed by atoms with E-state index >= 15 is 0 Å². The van der Waals surface area contributed by atoms with Crippen LogP contribution in [-0.4, -0.2) is 16.0 Å². The van der Waals surface area contributed by atoms with Gasteiger partial charge in [-0.15, -0.1) is 0 Å². The first-order chi connectivity index (χ1) is 15.1. The van der Waals surface area contributed by atoms with E-state index in [0.717, 1.165) is 43.0 Å². The van der Waals surface area contributed by atoms with Gasteiger partial charge >= 0.3 is 0 Å². The number of benzene rings is 3. The van der Waals surface area contributed by atoms with Crippen LogP contribution in [0.4, 0.5) is 4.79 Å². The van der Waals surface area contributed by atoms with Crippen LogP contribution in [-0.2, 0) is 11.3 Å². The number of hydrogen-bond donors (Lipinski definition) is 0. The molecular formula is C25H16INO3S.